The molecule has 0 bridgehead atoms. The Morgan fingerprint density at radius 1 is 0.938 bits per heavy atom. The van der Waals surface area contributed by atoms with E-state index in [9.17, 15) is 0 Å². The first-order chi connectivity index (χ1) is 7.76. The van der Waals surface area contributed by atoms with Gasteiger partial charge < -0.3 is 18.0 Å². The molecule has 16 heavy (non-hydrogen) atoms. The lowest BCUT2D eigenvalue weighted by atomic mass is 10.5. The number of rotatable bonds is 8. The van der Waals surface area contributed by atoms with Crippen molar-refractivity contribution < 1.29 is 18.0 Å². The van der Waals surface area contributed by atoms with Crippen molar-refractivity contribution in [1.82, 2.24) is 0 Å². The van der Waals surface area contributed by atoms with Gasteiger partial charge in [-0.25, -0.2) is 0 Å². The fourth-order valence-corrected chi connectivity index (χ4v) is 1.81. The largest absolute Gasteiger partial charge is 0.484 e. The van der Waals surface area contributed by atoms with Gasteiger partial charge in [0.1, 0.15) is 6.61 Å². The van der Waals surface area contributed by atoms with Crippen molar-refractivity contribution in [2.24, 2.45) is 0 Å². The molecular formula is C10H23NO4Si. The van der Waals surface area contributed by atoms with E-state index in [-0.39, 0.29) is 0 Å². The lowest BCUT2D eigenvalue weighted by molar-refractivity contribution is 0.107. The van der Waals surface area contributed by atoms with Gasteiger partial charge in [0.05, 0.1) is 0 Å². The zero-order valence-electron chi connectivity index (χ0n) is 10.7. The van der Waals surface area contributed by atoms with Crippen LogP contribution in [0.25, 0.3) is 0 Å². The Balaban J connectivity index is 0. The molecule has 0 aromatic heterocycles. The monoisotopic (exact) mass is 249 g/mol. The zero-order valence-corrected chi connectivity index (χ0v) is 11.8. The lowest BCUT2D eigenvalue weighted by Crippen LogP contribution is -2.27. The molecule has 0 aromatic carbocycles. The van der Waals surface area contributed by atoms with E-state index in [0.717, 1.165) is 6.42 Å². The summed E-state index contributed by atoms with van der Waals surface area (Å²) in [5.74, 6) is 0. The third kappa shape index (κ3) is 15.8. The third-order valence-electron chi connectivity index (χ3n) is 1.28. The highest BCUT2D eigenvalue weighted by Crippen LogP contribution is 1.91. The van der Waals surface area contributed by atoms with Crippen molar-refractivity contribution in [3.8, 4) is 6.26 Å². The van der Waals surface area contributed by atoms with E-state index in [1.165, 1.54) is 0 Å². The zero-order chi connectivity index (χ0) is 12.6. The molecule has 0 radical (unpaired) electrons. The van der Waals surface area contributed by atoms with E-state index >= 15 is 0 Å². The van der Waals surface area contributed by atoms with Crippen LogP contribution >= 0.6 is 0 Å². The van der Waals surface area contributed by atoms with Gasteiger partial charge in [0, 0.05) is 19.8 Å². The minimum atomic E-state index is -1.73. The summed E-state index contributed by atoms with van der Waals surface area (Å²) in [7, 11) is -1.73. The minimum Gasteiger partial charge on any atom is -0.428 e. The summed E-state index contributed by atoms with van der Waals surface area (Å²) in [6.45, 7) is 10.4. The Labute approximate surface area is 100 Å². The second-order valence-electron chi connectivity index (χ2n) is 2.59. The topological polar surface area (TPSA) is 60.7 Å². The summed E-state index contributed by atoms with van der Waals surface area (Å²) in [6.07, 6.45) is 2.48. The van der Waals surface area contributed by atoms with Crippen molar-refractivity contribution in [2.75, 3.05) is 26.4 Å². The van der Waals surface area contributed by atoms with Gasteiger partial charge in [0.15, 0.2) is 0 Å². The van der Waals surface area contributed by atoms with E-state index in [1.54, 1.807) is 6.26 Å². The van der Waals surface area contributed by atoms with Gasteiger partial charge in [-0.1, -0.05) is 6.92 Å². The molecule has 0 N–H and O–H groups in total. The number of nitriles is 1. The molecule has 0 heterocycles. The molecule has 0 spiro atoms. The molecule has 5 nitrogen and oxygen atoms in total. The van der Waals surface area contributed by atoms with Gasteiger partial charge in [-0.05, 0) is 27.2 Å². The van der Waals surface area contributed by atoms with E-state index < -0.39 is 9.53 Å². The fourth-order valence-electron chi connectivity index (χ4n) is 0.700. The Morgan fingerprint density at radius 3 is 1.56 bits per heavy atom. The maximum Gasteiger partial charge on any atom is 0.484 e. The number of hydrogen-bond donors (Lipinski definition) is 0. The predicted molar refractivity (Wildman–Crippen MR) is 63.9 cm³/mol. The minimum absolute atomic E-state index is 0.552. The Hall–Kier alpha value is -0.613. The quantitative estimate of drug-likeness (QED) is 0.372. The van der Waals surface area contributed by atoms with Crippen LogP contribution in [0.2, 0.25) is 0 Å². The first kappa shape index (κ1) is 17.8. The molecule has 0 amide bonds. The molecule has 0 atom stereocenters. The molecule has 0 saturated carbocycles. The van der Waals surface area contributed by atoms with Gasteiger partial charge in [-0.15, -0.1) is 0 Å². The van der Waals surface area contributed by atoms with E-state index in [0.29, 0.717) is 26.4 Å². The molecule has 0 saturated heterocycles. The summed E-state index contributed by atoms with van der Waals surface area (Å²) in [4.78, 5) is 0. The highest BCUT2D eigenvalue weighted by molar-refractivity contribution is 6.36. The van der Waals surface area contributed by atoms with Crippen LogP contribution in [-0.2, 0) is 18.0 Å². The second-order valence-corrected chi connectivity index (χ2v) is 4.17. The number of nitrogens with zero attached hydrogens (tertiary/aromatic N) is 1. The molecule has 6 heteroatoms. The van der Waals surface area contributed by atoms with E-state index in [2.05, 4.69) is 4.74 Å². The first-order valence-corrected chi connectivity index (χ1v) is 7.03. The van der Waals surface area contributed by atoms with Crippen LogP contribution in [0.4, 0.5) is 0 Å². The Bertz CT molecular complexity index is 149. The Kier molecular flexibility index (Phi) is 18.7. The molecule has 0 aliphatic rings. The Morgan fingerprint density at radius 2 is 1.38 bits per heavy atom. The van der Waals surface area contributed by atoms with Crippen LogP contribution in [-0.4, -0.2) is 36.0 Å². The standard InChI is InChI=1S/C6H16O3Si.C4H7NO/c1-4-7-10(8-5-2)9-6-3;1-2-3-6-4-5/h10H,4-6H2,1-3H3;2-3H2,1H3. The summed E-state index contributed by atoms with van der Waals surface area (Å²) in [6, 6.07) is 0. The molecule has 0 unspecified atom stereocenters. The highest BCUT2D eigenvalue weighted by atomic mass is 28.3. The number of ether oxygens (including phenoxy) is 1. The average Bonchev–Trinajstić information content (AvgIpc) is 2.28. The van der Waals surface area contributed by atoms with Gasteiger partial charge in [0.2, 0.25) is 0 Å². The third-order valence-corrected chi connectivity index (χ3v) is 3.10. The van der Waals surface area contributed by atoms with Crippen molar-refractivity contribution in [1.29, 1.82) is 5.26 Å². The van der Waals surface area contributed by atoms with Crippen LogP contribution in [0, 0.1) is 11.5 Å². The van der Waals surface area contributed by atoms with Gasteiger partial charge in [0.25, 0.3) is 6.26 Å². The van der Waals surface area contributed by atoms with Crippen molar-refractivity contribution in [3.63, 3.8) is 0 Å². The molecule has 0 fully saturated rings. The van der Waals surface area contributed by atoms with Gasteiger partial charge in [-0.2, -0.15) is 5.26 Å². The maximum atomic E-state index is 7.73. The average molecular weight is 249 g/mol. The number of hydrogen-bond acceptors (Lipinski definition) is 5. The maximum absolute atomic E-state index is 7.73. The van der Waals surface area contributed by atoms with Crippen LogP contribution in [0.1, 0.15) is 34.1 Å². The molecule has 0 aliphatic carbocycles. The molecular weight excluding hydrogens is 226 g/mol. The summed E-state index contributed by atoms with van der Waals surface area (Å²) < 4.78 is 19.9. The molecule has 0 rings (SSSR count). The van der Waals surface area contributed by atoms with Crippen LogP contribution in [0.15, 0.2) is 0 Å². The van der Waals surface area contributed by atoms with Gasteiger partial charge in [-0.3, -0.25) is 0 Å². The smallest absolute Gasteiger partial charge is 0.428 e. The van der Waals surface area contributed by atoms with Crippen molar-refractivity contribution in [3.05, 3.63) is 0 Å². The van der Waals surface area contributed by atoms with Crippen LogP contribution in [0.3, 0.4) is 0 Å². The van der Waals surface area contributed by atoms with Crippen molar-refractivity contribution >= 4 is 9.53 Å². The highest BCUT2D eigenvalue weighted by Gasteiger charge is 2.11. The van der Waals surface area contributed by atoms with Crippen LogP contribution < -0.4 is 0 Å². The first-order valence-electron chi connectivity index (χ1n) is 5.62. The lowest BCUT2D eigenvalue weighted by Gasteiger charge is -2.12. The predicted octanol–water partition coefficient (Wildman–Crippen LogP) is 1.71. The molecule has 0 aromatic rings. The molecule has 0 aliphatic heterocycles. The molecule has 96 valence electrons. The van der Waals surface area contributed by atoms with E-state index in [1.807, 2.05) is 27.7 Å². The summed E-state index contributed by atoms with van der Waals surface area (Å²) in [5, 5.41) is 7.73. The van der Waals surface area contributed by atoms with E-state index in [4.69, 9.17) is 18.5 Å². The van der Waals surface area contributed by atoms with Crippen LogP contribution in [0.5, 0.6) is 0 Å². The normalized spacial score (nSPS) is 9.25. The van der Waals surface area contributed by atoms with Gasteiger partial charge >= 0.3 is 9.53 Å². The summed E-state index contributed by atoms with van der Waals surface area (Å²) >= 11 is 0. The second kappa shape index (κ2) is 16.8. The van der Waals surface area contributed by atoms with Crippen molar-refractivity contribution in [2.45, 2.75) is 34.1 Å². The fraction of sp³-hybridized carbons (Fsp3) is 0.900. The summed E-state index contributed by atoms with van der Waals surface area (Å²) in [5.41, 5.74) is 0. The SMILES string of the molecule is CCCOC#N.CCO[SiH](OCC)OCC.